The molecule has 0 heterocycles. The van der Waals surface area contributed by atoms with E-state index in [-0.39, 0.29) is 12.8 Å². The molecular weight excluding hydrogens is 418 g/mol. The molecule has 9 N–H and O–H groups in total. The van der Waals surface area contributed by atoms with Crippen molar-refractivity contribution in [3.8, 4) is 0 Å². The van der Waals surface area contributed by atoms with Gasteiger partial charge in [0, 0.05) is 6.42 Å². The molecule has 4 atom stereocenters. The lowest BCUT2D eigenvalue weighted by molar-refractivity contribution is -0.138. The normalized spacial score (nSPS) is 14.5. The number of hydrogen-bond acceptors (Lipinski definition) is 7. The van der Waals surface area contributed by atoms with E-state index in [0.29, 0.717) is 19.4 Å². The van der Waals surface area contributed by atoms with Crippen molar-refractivity contribution in [1.29, 1.82) is 0 Å². The number of carbonyl (C=O) groups excluding carboxylic acids is 3. The monoisotopic (exact) mass is 451 g/mol. The molecule has 0 bridgehead atoms. The summed E-state index contributed by atoms with van der Waals surface area (Å²) in [5, 5.41) is 25.7. The van der Waals surface area contributed by atoms with Gasteiger partial charge in [-0.2, -0.15) is 0 Å². The third-order valence-electron chi connectivity index (χ3n) is 4.73. The number of carboxylic acid groups (broad SMARTS) is 1. The lowest BCUT2D eigenvalue weighted by atomic mass is 10.0. The van der Waals surface area contributed by atoms with Crippen LogP contribution in [0.1, 0.15) is 31.7 Å². The van der Waals surface area contributed by atoms with Gasteiger partial charge in [-0.25, -0.2) is 0 Å². The highest BCUT2D eigenvalue weighted by atomic mass is 16.4. The van der Waals surface area contributed by atoms with Crippen LogP contribution < -0.4 is 27.4 Å². The topological polar surface area (TPSA) is 197 Å². The first kappa shape index (κ1) is 27.0. The van der Waals surface area contributed by atoms with Gasteiger partial charge in [-0.3, -0.25) is 19.2 Å². The van der Waals surface area contributed by atoms with Crippen molar-refractivity contribution in [2.75, 3.05) is 13.1 Å². The third-order valence-corrected chi connectivity index (χ3v) is 4.73. The highest BCUT2D eigenvalue weighted by Crippen LogP contribution is 2.07. The number of carbonyl (C=O) groups is 4. The summed E-state index contributed by atoms with van der Waals surface area (Å²) in [5.74, 6) is -3.22. The summed E-state index contributed by atoms with van der Waals surface area (Å²) in [5.41, 5.74) is 11.9. The molecule has 1 rings (SSSR count). The molecule has 11 heteroatoms. The fourth-order valence-electron chi connectivity index (χ4n) is 2.87. The van der Waals surface area contributed by atoms with Crippen molar-refractivity contribution >= 4 is 23.7 Å². The van der Waals surface area contributed by atoms with Crippen molar-refractivity contribution in [3.63, 3.8) is 0 Å². The number of aliphatic hydroxyl groups is 1. The average molecular weight is 452 g/mol. The van der Waals surface area contributed by atoms with Crippen LogP contribution >= 0.6 is 0 Å². The quantitative estimate of drug-likeness (QED) is 0.161. The summed E-state index contributed by atoms with van der Waals surface area (Å²) < 4.78 is 0. The van der Waals surface area contributed by atoms with Crippen LogP contribution in [0.2, 0.25) is 0 Å². The van der Waals surface area contributed by atoms with Gasteiger partial charge in [0.25, 0.3) is 0 Å². The molecule has 0 saturated carbocycles. The highest BCUT2D eigenvalue weighted by Gasteiger charge is 2.29. The molecule has 0 radical (unpaired) electrons. The molecule has 4 unspecified atom stereocenters. The van der Waals surface area contributed by atoms with E-state index in [9.17, 15) is 24.3 Å². The lowest BCUT2D eigenvalue weighted by Crippen LogP contribution is -2.58. The van der Waals surface area contributed by atoms with Crippen LogP contribution in [0.3, 0.4) is 0 Å². The van der Waals surface area contributed by atoms with Crippen LogP contribution in [-0.4, -0.2) is 71.2 Å². The van der Waals surface area contributed by atoms with Gasteiger partial charge in [-0.1, -0.05) is 30.3 Å². The molecule has 1 aromatic rings. The van der Waals surface area contributed by atoms with Crippen LogP contribution in [-0.2, 0) is 25.6 Å². The van der Waals surface area contributed by atoms with Gasteiger partial charge >= 0.3 is 5.97 Å². The van der Waals surface area contributed by atoms with E-state index in [1.54, 1.807) is 30.3 Å². The molecule has 0 aliphatic rings. The minimum Gasteiger partial charge on any atom is -0.480 e. The third kappa shape index (κ3) is 9.86. The minimum atomic E-state index is -1.24. The second-order valence-corrected chi connectivity index (χ2v) is 7.47. The van der Waals surface area contributed by atoms with Gasteiger partial charge in [0.1, 0.15) is 24.7 Å². The van der Waals surface area contributed by atoms with Gasteiger partial charge in [-0.05, 0) is 38.3 Å². The number of hydrogen-bond donors (Lipinski definition) is 7. The predicted molar refractivity (Wildman–Crippen MR) is 117 cm³/mol. The van der Waals surface area contributed by atoms with Crippen LogP contribution in [0, 0.1) is 0 Å². The summed E-state index contributed by atoms with van der Waals surface area (Å²) in [7, 11) is 0. The zero-order valence-corrected chi connectivity index (χ0v) is 18.1. The van der Waals surface area contributed by atoms with Crippen molar-refractivity contribution < 1.29 is 29.4 Å². The number of amides is 3. The number of unbranched alkanes of at least 4 members (excludes halogenated alkanes) is 1. The Morgan fingerprint density at radius 1 is 0.969 bits per heavy atom. The van der Waals surface area contributed by atoms with Crippen LogP contribution in [0.5, 0.6) is 0 Å². The van der Waals surface area contributed by atoms with Crippen molar-refractivity contribution in [1.82, 2.24) is 16.0 Å². The van der Waals surface area contributed by atoms with E-state index in [1.807, 2.05) is 0 Å². The second kappa shape index (κ2) is 14.1. The highest BCUT2D eigenvalue weighted by molar-refractivity contribution is 5.93. The van der Waals surface area contributed by atoms with Crippen LogP contribution in [0.4, 0.5) is 0 Å². The molecule has 11 nitrogen and oxygen atoms in total. The first-order chi connectivity index (χ1) is 15.1. The van der Waals surface area contributed by atoms with Crippen molar-refractivity contribution in [3.05, 3.63) is 35.9 Å². The standard InChI is InChI=1S/C21H33N5O6/c1-13(27)18(23)21(32)26-16(11-14-7-3-2-4-8-14)20(31)25-15(9-5-6-10-22)19(30)24-12-17(28)29/h2-4,7-8,13,15-16,18,27H,5-6,9-12,22-23H2,1H3,(H,24,30)(H,25,31)(H,26,32)(H,28,29). The average Bonchev–Trinajstić information content (AvgIpc) is 2.76. The van der Waals surface area contributed by atoms with Gasteiger partial charge in [-0.15, -0.1) is 0 Å². The zero-order valence-electron chi connectivity index (χ0n) is 18.1. The molecular formula is C21H33N5O6. The Labute approximate surface area is 186 Å². The number of rotatable bonds is 14. The second-order valence-electron chi connectivity index (χ2n) is 7.47. The van der Waals surface area contributed by atoms with E-state index in [2.05, 4.69) is 16.0 Å². The minimum absolute atomic E-state index is 0.122. The summed E-state index contributed by atoms with van der Waals surface area (Å²) in [4.78, 5) is 48.6. The van der Waals surface area contributed by atoms with E-state index < -0.39 is 54.5 Å². The zero-order chi connectivity index (χ0) is 24.1. The van der Waals surface area contributed by atoms with E-state index in [1.165, 1.54) is 6.92 Å². The van der Waals surface area contributed by atoms with E-state index >= 15 is 0 Å². The fraction of sp³-hybridized carbons (Fsp3) is 0.524. The Morgan fingerprint density at radius 3 is 2.16 bits per heavy atom. The smallest absolute Gasteiger partial charge is 0.322 e. The maximum atomic E-state index is 13.0. The largest absolute Gasteiger partial charge is 0.480 e. The number of aliphatic carboxylic acids is 1. The Bertz CT molecular complexity index is 758. The van der Waals surface area contributed by atoms with Crippen LogP contribution in [0.25, 0.3) is 0 Å². The predicted octanol–water partition coefficient (Wildman–Crippen LogP) is -1.76. The van der Waals surface area contributed by atoms with Gasteiger partial charge in [0.2, 0.25) is 17.7 Å². The SMILES string of the molecule is CC(O)C(N)C(=O)NC(Cc1ccccc1)C(=O)NC(CCCCN)C(=O)NCC(=O)O. The molecule has 3 amide bonds. The molecule has 0 aliphatic carbocycles. The molecule has 0 aliphatic heterocycles. The first-order valence-electron chi connectivity index (χ1n) is 10.4. The van der Waals surface area contributed by atoms with Gasteiger partial charge in [0.05, 0.1) is 6.10 Å². The maximum Gasteiger partial charge on any atom is 0.322 e. The van der Waals surface area contributed by atoms with Crippen molar-refractivity contribution in [2.24, 2.45) is 11.5 Å². The summed E-state index contributed by atoms with van der Waals surface area (Å²) in [6.45, 7) is 1.17. The molecule has 0 spiro atoms. The lowest BCUT2D eigenvalue weighted by Gasteiger charge is -2.25. The van der Waals surface area contributed by atoms with Crippen LogP contribution in [0.15, 0.2) is 30.3 Å². The molecule has 0 fully saturated rings. The maximum absolute atomic E-state index is 13.0. The molecule has 178 valence electrons. The summed E-state index contributed by atoms with van der Waals surface area (Å²) in [6.07, 6.45) is 0.391. The molecule has 0 aromatic heterocycles. The van der Waals surface area contributed by atoms with E-state index in [4.69, 9.17) is 16.6 Å². The first-order valence-corrected chi connectivity index (χ1v) is 10.4. The van der Waals surface area contributed by atoms with Gasteiger partial charge in [0.15, 0.2) is 0 Å². The molecule has 32 heavy (non-hydrogen) atoms. The Morgan fingerprint density at radius 2 is 1.59 bits per heavy atom. The van der Waals surface area contributed by atoms with Crippen molar-refractivity contribution in [2.45, 2.75) is 56.8 Å². The Hall–Kier alpha value is -3.02. The number of nitrogens with two attached hydrogens (primary N) is 2. The Balaban J connectivity index is 2.99. The number of benzene rings is 1. The number of nitrogens with one attached hydrogen (secondary N) is 3. The fourth-order valence-corrected chi connectivity index (χ4v) is 2.87. The summed E-state index contributed by atoms with van der Waals surface area (Å²) >= 11 is 0. The molecule has 1 aromatic carbocycles. The van der Waals surface area contributed by atoms with Gasteiger partial charge < -0.3 is 37.6 Å². The molecule has 0 saturated heterocycles. The summed E-state index contributed by atoms with van der Waals surface area (Å²) in [6, 6.07) is 5.61. The van der Waals surface area contributed by atoms with E-state index in [0.717, 1.165) is 5.56 Å². The Kier molecular flexibility index (Phi) is 11.9. The number of carboxylic acids is 1. The number of aliphatic hydroxyl groups excluding tert-OH is 1.